The van der Waals surface area contributed by atoms with Gasteiger partial charge in [-0.1, -0.05) is 0 Å². The molecule has 0 fully saturated rings. The second kappa shape index (κ2) is 7.23. The molecule has 0 aromatic carbocycles. The van der Waals surface area contributed by atoms with Crippen molar-refractivity contribution in [1.82, 2.24) is 5.32 Å². The van der Waals surface area contributed by atoms with E-state index >= 15 is 0 Å². The Morgan fingerprint density at radius 2 is 2.05 bits per heavy atom. The molecule has 5 N–H and O–H groups in total. The molecule has 0 aromatic heterocycles. The lowest BCUT2D eigenvalue weighted by Gasteiger charge is -2.34. The molecule has 9 nitrogen and oxygen atoms in total. The molecule has 0 aromatic rings. The van der Waals surface area contributed by atoms with Crippen molar-refractivity contribution in [2.45, 2.75) is 31.4 Å². The van der Waals surface area contributed by atoms with Crippen molar-refractivity contribution in [3.63, 3.8) is 0 Å². The lowest BCUT2D eigenvalue weighted by atomic mass is 9.85. The minimum atomic E-state index is -1.56. The summed E-state index contributed by atoms with van der Waals surface area (Å²) in [5, 5.41) is 40.0. The summed E-state index contributed by atoms with van der Waals surface area (Å²) in [4.78, 5) is 25.5. The number of aliphatic carboxylic acids is 2. The van der Waals surface area contributed by atoms with Crippen LogP contribution in [0.1, 0.15) is 19.8 Å². The van der Waals surface area contributed by atoms with E-state index in [1.807, 2.05) is 0 Å². The van der Waals surface area contributed by atoms with Gasteiger partial charge in [0.25, 0.3) is 0 Å². The van der Waals surface area contributed by atoms with E-state index in [0.717, 1.165) is 0 Å². The first-order valence-corrected chi connectivity index (χ1v) is 6.57. The maximum Gasteiger partial charge on any atom is 0.325 e. The van der Waals surface area contributed by atoms with E-state index in [9.17, 15) is 19.8 Å². The van der Waals surface area contributed by atoms with Crippen molar-refractivity contribution >= 4 is 17.7 Å². The van der Waals surface area contributed by atoms with E-state index < -0.39 is 36.7 Å². The molecule has 0 unspecified atom stereocenters. The predicted octanol–water partition coefficient (Wildman–Crippen LogP) is -1.05. The first kappa shape index (κ1) is 17.9. The van der Waals surface area contributed by atoms with E-state index in [2.05, 4.69) is 10.3 Å². The summed E-state index contributed by atoms with van der Waals surface area (Å²) in [6.07, 6.45) is -0.150. The number of aliphatic imine (C=N–C) groups is 1. The molecule has 0 saturated carbocycles. The monoisotopic (exact) mass is 316 g/mol. The Labute approximate surface area is 126 Å². The Bertz CT molecular complexity index is 515. The Balaban J connectivity index is 3.21. The Hall–Kier alpha value is -2.13. The van der Waals surface area contributed by atoms with Crippen LogP contribution in [0.4, 0.5) is 0 Å². The molecule has 1 aliphatic rings. The summed E-state index contributed by atoms with van der Waals surface area (Å²) in [6, 6.07) is -0.957. The number of ether oxygens (including phenoxy) is 1. The molecule has 2 atom stereocenters. The van der Waals surface area contributed by atoms with Crippen LogP contribution in [-0.4, -0.2) is 70.0 Å². The average molecular weight is 316 g/mol. The number of allylic oxidation sites excluding steroid dienone is 1. The first-order chi connectivity index (χ1) is 10.2. The molecule has 0 saturated heterocycles. The van der Waals surface area contributed by atoms with Gasteiger partial charge in [-0.25, -0.2) is 0 Å². The number of carbonyl (C=O) groups is 2. The summed E-state index contributed by atoms with van der Waals surface area (Å²) in [5.74, 6) is -2.08. The van der Waals surface area contributed by atoms with Crippen molar-refractivity contribution in [1.29, 1.82) is 0 Å². The minimum Gasteiger partial charge on any atom is -0.493 e. The van der Waals surface area contributed by atoms with E-state index in [0.29, 0.717) is 0 Å². The van der Waals surface area contributed by atoms with Crippen molar-refractivity contribution < 1.29 is 34.8 Å². The second-order valence-corrected chi connectivity index (χ2v) is 5.11. The second-order valence-electron chi connectivity index (χ2n) is 5.11. The number of hydrogen-bond acceptors (Lipinski definition) is 7. The van der Waals surface area contributed by atoms with E-state index in [1.54, 1.807) is 0 Å². The number of rotatable bonds is 7. The fourth-order valence-electron chi connectivity index (χ4n) is 2.12. The highest BCUT2D eigenvalue weighted by Gasteiger charge is 2.38. The van der Waals surface area contributed by atoms with Crippen molar-refractivity contribution in [3.8, 4) is 0 Å². The Morgan fingerprint density at radius 1 is 1.41 bits per heavy atom. The predicted molar refractivity (Wildman–Crippen MR) is 75.5 cm³/mol. The Kier molecular flexibility index (Phi) is 5.89. The third kappa shape index (κ3) is 4.43. The highest BCUT2D eigenvalue weighted by molar-refractivity contribution is 6.01. The van der Waals surface area contributed by atoms with Crippen molar-refractivity contribution in [3.05, 3.63) is 11.5 Å². The van der Waals surface area contributed by atoms with Crippen LogP contribution in [0.2, 0.25) is 0 Å². The van der Waals surface area contributed by atoms with Gasteiger partial charge in [0.2, 0.25) is 0 Å². The van der Waals surface area contributed by atoms with Crippen LogP contribution >= 0.6 is 0 Å². The maximum atomic E-state index is 10.9. The third-order valence-corrected chi connectivity index (χ3v) is 3.20. The number of nitrogens with one attached hydrogen (secondary N) is 1. The standard InChI is InChI=1S/C13H20N2O7/c1-7(12(19)20)15-9-4-13(21,6-16)3-8(11(9)22-2)14-5-10(17)18/h7,15-16,21H,3-6H2,1-2H3,(H,17,18)(H,19,20)/t7-,13-/m0/s1. The van der Waals surface area contributed by atoms with Crippen LogP contribution in [0.5, 0.6) is 0 Å². The SMILES string of the molecule is COC1=C(N[C@@H](C)C(=O)O)C[C@](O)(CO)CC1=NCC(=O)O. The zero-order chi connectivity index (χ0) is 16.9. The molecule has 0 bridgehead atoms. The number of carboxylic acids is 2. The van der Waals surface area contributed by atoms with Crippen LogP contribution in [0.25, 0.3) is 0 Å². The number of methoxy groups -OCH3 is 1. The molecule has 0 heterocycles. The minimum absolute atomic E-state index is 0.0591. The van der Waals surface area contributed by atoms with Gasteiger partial charge in [0.15, 0.2) is 5.76 Å². The molecule has 124 valence electrons. The van der Waals surface area contributed by atoms with Gasteiger partial charge in [-0.05, 0) is 6.92 Å². The van der Waals surface area contributed by atoms with E-state index in [1.165, 1.54) is 14.0 Å². The van der Waals surface area contributed by atoms with Crippen LogP contribution in [0, 0.1) is 0 Å². The third-order valence-electron chi connectivity index (χ3n) is 3.20. The van der Waals surface area contributed by atoms with Crippen molar-refractivity contribution in [2.75, 3.05) is 20.3 Å². The lowest BCUT2D eigenvalue weighted by Crippen LogP contribution is -2.46. The number of carboxylic acid groups (broad SMARTS) is 2. The van der Waals surface area contributed by atoms with Crippen LogP contribution < -0.4 is 5.32 Å². The highest BCUT2D eigenvalue weighted by atomic mass is 16.5. The smallest absolute Gasteiger partial charge is 0.325 e. The molecule has 22 heavy (non-hydrogen) atoms. The Morgan fingerprint density at radius 3 is 2.50 bits per heavy atom. The quantitative estimate of drug-likeness (QED) is 0.399. The number of hydrogen-bond donors (Lipinski definition) is 5. The van der Waals surface area contributed by atoms with Gasteiger partial charge >= 0.3 is 11.9 Å². The summed E-state index contributed by atoms with van der Waals surface area (Å²) < 4.78 is 5.17. The molecular formula is C13H20N2O7. The topological polar surface area (TPSA) is 149 Å². The summed E-state index contributed by atoms with van der Waals surface area (Å²) in [5.41, 5.74) is -1.14. The number of nitrogens with zero attached hydrogens (tertiary/aromatic N) is 1. The molecular weight excluding hydrogens is 296 g/mol. The zero-order valence-corrected chi connectivity index (χ0v) is 12.4. The first-order valence-electron chi connectivity index (χ1n) is 6.57. The normalized spacial score (nSPS) is 25.0. The zero-order valence-electron chi connectivity index (χ0n) is 12.4. The summed E-state index contributed by atoms with van der Waals surface area (Å²) in [6.45, 7) is 0.303. The van der Waals surface area contributed by atoms with Crippen LogP contribution in [-0.2, 0) is 14.3 Å². The molecule has 1 rings (SSSR count). The number of aliphatic hydroxyl groups excluding tert-OH is 1. The molecule has 0 radical (unpaired) electrons. The van der Waals surface area contributed by atoms with Crippen LogP contribution in [0.15, 0.2) is 16.4 Å². The summed E-state index contributed by atoms with van der Waals surface area (Å²) in [7, 11) is 1.34. The van der Waals surface area contributed by atoms with Gasteiger partial charge in [0, 0.05) is 12.8 Å². The van der Waals surface area contributed by atoms with Gasteiger partial charge in [-0.15, -0.1) is 0 Å². The van der Waals surface area contributed by atoms with Crippen LogP contribution in [0.3, 0.4) is 0 Å². The van der Waals surface area contributed by atoms with Crippen molar-refractivity contribution in [2.24, 2.45) is 4.99 Å². The lowest BCUT2D eigenvalue weighted by molar-refractivity contribution is -0.139. The largest absolute Gasteiger partial charge is 0.493 e. The van der Waals surface area contributed by atoms with E-state index in [-0.39, 0.29) is 30.0 Å². The molecule has 1 aliphatic carbocycles. The van der Waals surface area contributed by atoms with Gasteiger partial charge in [0.05, 0.1) is 30.7 Å². The van der Waals surface area contributed by atoms with Gasteiger partial charge < -0.3 is 30.5 Å². The molecule has 0 amide bonds. The molecule has 0 spiro atoms. The van der Waals surface area contributed by atoms with E-state index in [4.69, 9.17) is 14.9 Å². The fourth-order valence-corrected chi connectivity index (χ4v) is 2.12. The number of aliphatic hydroxyl groups is 2. The summed E-state index contributed by atoms with van der Waals surface area (Å²) >= 11 is 0. The van der Waals surface area contributed by atoms with Gasteiger partial charge in [-0.2, -0.15) is 0 Å². The molecule has 9 heteroatoms. The molecule has 0 aliphatic heterocycles. The average Bonchev–Trinajstić information content (AvgIpc) is 2.44. The van der Waals surface area contributed by atoms with Gasteiger partial charge in [0.1, 0.15) is 12.6 Å². The fraction of sp³-hybridized carbons (Fsp3) is 0.615. The highest BCUT2D eigenvalue weighted by Crippen LogP contribution is 2.30. The maximum absolute atomic E-state index is 10.9. The van der Waals surface area contributed by atoms with Gasteiger partial charge in [-0.3, -0.25) is 14.6 Å².